The third kappa shape index (κ3) is 4.01. The molecule has 3 aromatic carbocycles. The van der Waals surface area contributed by atoms with Gasteiger partial charge >= 0.3 is 0 Å². The average molecular weight is 458 g/mol. The zero-order valence-corrected chi connectivity index (χ0v) is 18.7. The average Bonchev–Trinajstić information content (AvgIpc) is 3.33. The highest BCUT2D eigenvalue weighted by Gasteiger charge is 2.15. The second-order valence-electron chi connectivity index (χ2n) is 7.06. The number of para-hydroxylation sites is 1. The van der Waals surface area contributed by atoms with Crippen molar-refractivity contribution in [1.29, 1.82) is 0 Å². The van der Waals surface area contributed by atoms with Gasteiger partial charge in [-0.25, -0.2) is 9.55 Å². The number of hydrogen-bond donors (Lipinski definition) is 1. The molecule has 0 spiro atoms. The smallest absolute Gasteiger partial charge is 0.267 e. The fourth-order valence-electron chi connectivity index (χ4n) is 3.41. The zero-order chi connectivity index (χ0) is 22.8. The van der Waals surface area contributed by atoms with Crippen molar-refractivity contribution in [3.05, 3.63) is 83.2 Å². The highest BCUT2D eigenvalue weighted by Crippen LogP contribution is 2.30. The molecule has 0 radical (unpaired) electrons. The predicted molar refractivity (Wildman–Crippen MR) is 129 cm³/mol. The molecule has 0 amide bonds. The zero-order valence-electron chi connectivity index (χ0n) is 17.9. The number of aromatic nitrogens is 4. The third-order valence-corrected chi connectivity index (χ3v) is 5.97. The molecule has 0 saturated heterocycles. The fraction of sp³-hybridized carbons (Fsp3) is 0.0833. The molecule has 0 aliphatic heterocycles. The van der Waals surface area contributed by atoms with Crippen LogP contribution in [0, 0.1) is 0 Å². The van der Waals surface area contributed by atoms with Crippen LogP contribution < -0.4 is 20.3 Å². The number of benzene rings is 3. The summed E-state index contributed by atoms with van der Waals surface area (Å²) in [6.45, 7) is 0. The second-order valence-corrected chi connectivity index (χ2v) is 8.03. The molecule has 9 heteroatoms. The first-order valence-corrected chi connectivity index (χ1v) is 10.9. The maximum absolute atomic E-state index is 13.4. The molecule has 0 saturated carbocycles. The topological polar surface area (TPSA) is 91.2 Å². The van der Waals surface area contributed by atoms with Gasteiger partial charge in [-0.2, -0.15) is 0 Å². The van der Waals surface area contributed by atoms with Gasteiger partial charge in [0.2, 0.25) is 11.1 Å². The molecule has 5 aromatic rings. The first kappa shape index (κ1) is 20.7. The lowest BCUT2D eigenvalue weighted by molar-refractivity contribution is 0.414. The number of methoxy groups -OCH3 is 2. The Bertz CT molecular complexity index is 1480. The Hall–Kier alpha value is -4.24. The van der Waals surface area contributed by atoms with Gasteiger partial charge < -0.3 is 9.47 Å². The van der Waals surface area contributed by atoms with Crippen molar-refractivity contribution in [2.45, 2.75) is 0 Å². The predicted octanol–water partition coefficient (Wildman–Crippen LogP) is 4.67. The van der Waals surface area contributed by atoms with E-state index in [1.807, 2.05) is 54.6 Å². The van der Waals surface area contributed by atoms with Crippen LogP contribution in [0.4, 0.5) is 11.1 Å². The maximum Gasteiger partial charge on any atom is 0.267 e. The van der Waals surface area contributed by atoms with Crippen molar-refractivity contribution in [3.8, 4) is 27.8 Å². The Labute approximate surface area is 193 Å². The van der Waals surface area contributed by atoms with Gasteiger partial charge in [-0.3, -0.25) is 10.1 Å². The molecule has 5 rings (SSSR count). The summed E-state index contributed by atoms with van der Waals surface area (Å²) in [5, 5.41) is 13.5. The minimum atomic E-state index is -0.187. The quantitative estimate of drug-likeness (QED) is 0.396. The van der Waals surface area contributed by atoms with Crippen LogP contribution in [0.2, 0.25) is 0 Å². The number of anilines is 2. The molecule has 2 aromatic heterocycles. The van der Waals surface area contributed by atoms with Gasteiger partial charge in [-0.1, -0.05) is 23.5 Å². The second kappa shape index (κ2) is 8.71. The van der Waals surface area contributed by atoms with Crippen LogP contribution in [-0.2, 0) is 0 Å². The van der Waals surface area contributed by atoms with Crippen LogP contribution in [0.5, 0.6) is 11.5 Å². The van der Waals surface area contributed by atoms with Crippen molar-refractivity contribution >= 4 is 33.3 Å². The van der Waals surface area contributed by atoms with E-state index < -0.39 is 0 Å². The molecule has 0 atom stereocenters. The highest BCUT2D eigenvalue weighted by atomic mass is 32.1. The number of rotatable bonds is 6. The van der Waals surface area contributed by atoms with Crippen LogP contribution in [0.3, 0.4) is 0 Å². The first-order chi connectivity index (χ1) is 16.2. The minimum Gasteiger partial charge on any atom is -0.497 e. The largest absolute Gasteiger partial charge is 0.497 e. The van der Waals surface area contributed by atoms with E-state index in [4.69, 9.17) is 14.5 Å². The summed E-state index contributed by atoms with van der Waals surface area (Å²) in [5.74, 6) is 1.81. The van der Waals surface area contributed by atoms with E-state index in [1.165, 1.54) is 15.9 Å². The maximum atomic E-state index is 13.4. The van der Waals surface area contributed by atoms with Gasteiger partial charge in [0.25, 0.3) is 5.56 Å². The lowest BCUT2D eigenvalue weighted by atomic mass is 10.2. The number of ether oxygens (including phenoxy) is 2. The van der Waals surface area contributed by atoms with E-state index in [2.05, 4.69) is 15.5 Å². The summed E-state index contributed by atoms with van der Waals surface area (Å²) in [7, 11) is 3.22. The fourth-order valence-corrected chi connectivity index (χ4v) is 4.15. The van der Waals surface area contributed by atoms with Crippen molar-refractivity contribution in [2.75, 3.05) is 19.5 Å². The van der Waals surface area contributed by atoms with Crippen molar-refractivity contribution < 1.29 is 9.47 Å². The molecule has 0 bridgehead atoms. The molecule has 1 N–H and O–H groups in total. The van der Waals surface area contributed by atoms with Gasteiger partial charge in [-0.05, 0) is 60.7 Å². The van der Waals surface area contributed by atoms with Crippen molar-refractivity contribution in [3.63, 3.8) is 0 Å². The number of fused-ring (bicyclic) bond motifs is 1. The summed E-state index contributed by atoms with van der Waals surface area (Å²) in [6, 6.07) is 22.0. The molecule has 2 heterocycles. The molecule has 0 aliphatic rings. The standard InChI is InChI=1S/C24H19N5O3S/c1-31-17-11-7-15(8-12-17)21-27-28-24(33-21)26-23-25-20-6-4-3-5-19(20)22(30)29(23)16-9-13-18(32-2)14-10-16/h3-14H,1-2H3,(H,25,26,28). The van der Waals surface area contributed by atoms with E-state index in [0.717, 1.165) is 16.3 Å². The van der Waals surface area contributed by atoms with E-state index >= 15 is 0 Å². The van der Waals surface area contributed by atoms with Crippen molar-refractivity contribution in [1.82, 2.24) is 19.7 Å². The molecular weight excluding hydrogens is 438 g/mol. The Morgan fingerprint density at radius 3 is 2.21 bits per heavy atom. The van der Waals surface area contributed by atoms with E-state index in [1.54, 1.807) is 32.4 Å². The Kier molecular flexibility index (Phi) is 5.45. The summed E-state index contributed by atoms with van der Waals surface area (Å²) in [5.41, 5.74) is 1.98. The molecule has 8 nitrogen and oxygen atoms in total. The molecule has 0 fully saturated rings. The van der Waals surface area contributed by atoms with Gasteiger partial charge in [0.15, 0.2) is 0 Å². The normalized spacial score (nSPS) is 10.8. The Morgan fingerprint density at radius 1 is 0.848 bits per heavy atom. The van der Waals surface area contributed by atoms with Crippen LogP contribution in [0.15, 0.2) is 77.6 Å². The molecule has 33 heavy (non-hydrogen) atoms. The van der Waals surface area contributed by atoms with E-state index in [9.17, 15) is 4.79 Å². The highest BCUT2D eigenvalue weighted by molar-refractivity contribution is 7.18. The monoisotopic (exact) mass is 457 g/mol. The lowest BCUT2D eigenvalue weighted by Crippen LogP contribution is -2.22. The SMILES string of the molecule is COc1ccc(-c2nnc(Nc3nc4ccccc4c(=O)n3-c3ccc(OC)cc3)s2)cc1. The third-order valence-electron chi connectivity index (χ3n) is 5.09. The van der Waals surface area contributed by atoms with Gasteiger partial charge in [0.05, 0.1) is 30.8 Å². The van der Waals surface area contributed by atoms with Gasteiger partial charge in [-0.15, -0.1) is 10.2 Å². The summed E-state index contributed by atoms with van der Waals surface area (Å²) in [4.78, 5) is 18.1. The van der Waals surface area contributed by atoms with Crippen LogP contribution in [-0.4, -0.2) is 34.0 Å². The lowest BCUT2D eigenvalue weighted by Gasteiger charge is -2.14. The molecule has 0 aliphatic carbocycles. The van der Waals surface area contributed by atoms with E-state index in [-0.39, 0.29) is 5.56 Å². The van der Waals surface area contributed by atoms with Crippen molar-refractivity contribution in [2.24, 2.45) is 0 Å². The molecule has 0 unspecified atom stereocenters. The Morgan fingerprint density at radius 2 is 1.52 bits per heavy atom. The number of hydrogen-bond acceptors (Lipinski definition) is 8. The van der Waals surface area contributed by atoms with Crippen LogP contribution in [0.1, 0.15) is 0 Å². The molecule has 164 valence electrons. The van der Waals surface area contributed by atoms with Crippen LogP contribution >= 0.6 is 11.3 Å². The summed E-state index contributed by atoms with van der Waals surface area (Å²) in [6.07, 6.45) is 0. The Balaban J connectivity index is 1.57. The van der Waals surface area contributed by atoms with Gasteiger partial charge in [0.1, 0.15) is 16.5 Å². The van der Waals surface area contributed by atoms with Gasteiger partial charge in [0, 0.05) is 5.56 Å². The summed E-state index contributed by atoms with van der Waals surface area (Å²) < 4.78 is 12.0. The summed E-state index contributed by atoms with van der Waals surface area (Å²) >= 11 is 1.37. The minimum absolute atomic E-state index is 0.187. The van der Waals surface area contributed by atoms with E-state index in [0.29, 0.717) is 33.4 Å². The number of nitrogens with one attached hydrogen (secondary N) is 1. The molecular formula is C24H19N5O3S. The number of nitrogens with zero attached hydrogens (tertiary/aromatic N) is 4. The first-order valence-electron chi connectivity index (χ1n) is 10.1. The van der Waals surface area contributed by atoms with Crippen LogP contribution in [0.25, 0.3) is 27.2 Å².